The van der Waals surface area contributed by atoms with Crippen molar-refractivity contribution >= 4 is 32.3 Å². The van der Waals surface area contributed by atoms with Crippen LogP contribution < -0.4 is 5.56 Å². The van der Waals surface area contributed by atoms with E-state index in [1.54, 1.807) is 34.5 Å². The molecule has 0 amide bonds. The number of sulfonamides is 1. The molecular formula is C17H18N4O3S2. The van der Waals surface area contributed by atoms with Crippen molar-refractivity contribution in [2.24, 2.45) is 0 Å². The summed E-state index contributed by atoms with van der Waals surface area (Å²) in [7, 11) is -3.41. The Labute approximate surface area is 155 Å². The Morgan fingerprint density at radius 2 is 1.81 bits per heavy atom. The van der Waals surface area contributed by atoms with Gasteiger partial charge in [-0.1, -0.05) is 18.2 Å². The molecule has 3 aromatic rings. The third kappa shape index (κ3) is 3.18. The molecule has 0 saturated carbocycles. The van der Waals surface area contributed by atoms with Crippen LogP contribution in [0, 0.1) is 0 Å². The number of fused-ring (bicyclic) bond motifs is 1. The number of piperazine rings is 1. The summed E-state index contributed by atoms with van der Waals surface area (Å²) in [6.45, 7) is 2.38. The van der Waals surface area contributed by atoms with Crippen LogP contribution in [-0.2, 0) is 16.7 Å². The maximum Gasteiger partial charge on any atom is 0.262 e. The van der Waals surface area contributed by atoms with Gasteiger partial charge in [0.15, 0.2) is 0 Å². The molecule has 7 nitrogen and oxygen atoms in total. The third-order valence-electron chi connectivity index (χ3n) is 4.50. The standard InChI is InChI=1S/C17H18N4O3S2/c22-17-14-4-1-2-5-15(14)18-12-20(17)13-19-7-9-21(10-8-19)26(23,24)16-6-3-11-25-16/h1-6,11-12H,7-10,13H2. The van der Waals surface area contributed by atoms with Crippen molar-refractivity contribution in [3.8, 4) is 0 Å². The average molecular weight is 390 g/mol. The summed E-state index contributed by atoms with van der Waals surface area (Å²) in [4.78, 5) is 19.0. The fourth-order valence-corrected chi connectivity index (χ4v) is 5.64. The van der Waals surface area contributed by atoms with Crippen LogP contribution in [0.2, 0.25) is 0 Å². The molecule has 2 aromatic heterocycles. The lowest BCUT2D eigenvalue weighted by molar-refractivity contribution is 0.150. The molecule has 0 N–H and O–H groups in total. The molecule has 3 heterocycles. The molecule has 1 aromatic carbocycles. The zero-order valence-corrected chi connectivity index (χ0v) is 15.6. The van der Waals surface area contributed by atoms with E-state index >= 15 is 0 Å². The van der Waals surface area contributed by atoms with E-state index in [4.69, 9.17) is 0 Å². The molecule has 1 aliphatic heterocycles. The molecule has 0 atom stereocenters. The summed E-state index contributed by atoms with van der Waals surface area (Å²) in [5.41, 5.74) is 0.602. The molecule has 1 saturated heterocycles. The first kappa shape index (κ1) is 17.3. The van der Waals surface area contributed by atoms with Crippen LogP contribution in [0.5, 0.6) is 0 Å². The Morgan fingerprint density at radius 1 is 1.04 bits per heavy atom. The number of aromatic nitrogens is 2. The predicted molar refractivity (Wildman–Crippen MR) is 101 cm³/mol. The van der Waals surface area contributed by atoms with E-state index in [1.165, 1.54) is 15.6 Å². The highest BCUT2D eigenvalue weighted by Gasteiger charge is 2.29. The summed E-state index contributed by atoms with van der Waals surface area (Å²) in [6, 6.07) is 10.6. The Kier molecular flexibility index (Phi) is 4.62. The molecule has 1 aliphatic rings. The molecule has 9 heteroatoms. The van der Waals surface area contributed by atoms with Crippen LogP contribution in [-0.4, -0.2) is 53.4 Å². The molecule has 0 radical (unpaired) electrons. The zero-order chi connectivity index (χ0) is 18.1. The van der Waals surface area contributed by atoms with E-state index in [9.17, 15) is 13.2 Å². The molecule has 0 spiro atoms. The molecule has 26 heavy (non-hydrogen) atoms. The van der Waals surface area contributed by atoms with Gasteiger partial charge in [0.2, 0.25) is 0 Å². The second kappa shape index (κ2) is 6.92. The molecule has 4 rings (SSSR count). The summed E-state index contributed by atoms with van der Waals surface area (Å²) in [5, 5.41) is 2.36. The van der Waals surface area contributed by atoms with Crippen molar-refractivity contribution in [2.45, 2.75) is 10.9 Å². The number of rotatable bonds is 4. The first-order valence-electron chi connectivity index (χ1n) is 8.26. The predicted octanol–water partition coefficient (Wildman–Crippen LogP) is 1.42. The SMILES string of the molecule is O=c1c2ccccc2ncn1CN1CCN(S(=O)(=O)c2cccs2)CC1. The van der Waals surface area contributed by atoms with Gasteiger partial charge in [0.1, 0.15) is 4.21 Å². The maximum absolute atomic E-state index is 12.6. The minimum absolute atomic E-state index is 0.0794. The van der Waals surface area contributed by atoms with Crippen LogP contribution in [0.1, 0.15) is 0 Å². The summed E-state index contributed by atoms with van der Waals surface area (Å²) >= 11 is 1.23. The van der Waals surface area contributed by atoms with Gasteiger partial charge in [-0.15, -0.1) is 11.3 Å². The first-order chi connectivity index (χ1) is 12.6. The first-order valence-corrected chi connectivity index (χ1v) is 10.6. The lowest BCUT2D eigenvalue weighted by atomic mass is 10.2. The minimum Gasteiger partial charge on any atom is -0.285 e. The highest BCUT2D eigenvalue weighted by atomic mass is 32.2. The van der Waals surface area contributed by atoms with Crippen molar-refractivity contribution in [2.75, 3.05) is 26.2 Å². The molecule has 0 aliphatic carbocycles. The van der Waals surface area contributed by atoms with Crippen LogP contribution in [0.25, 0.3) is 10.9 Å². The third-order valence-corrected chi connectivity index (χ3v) is 7.78. The van der Waals surface area contributed by atoms with Gasteiger partial charge < -0.3 is 0 Å². The Bertz CT molecular complexity index is 1070. The summed E-state index contributed by atoms with van der Waals surface area (Å²) in [6.07, 6.45) is 1.55. The normalized spacial score (nSPS) is 16.9. The molecule has 136 valence electrons. The Morgan fingerprint density at radius 3 is 2.54 bits per heavy atom. The number of hydrogen-bond donors (Lipinski definition) is 0. The van der Waals surface area contributed by atoms with Crippen LogP contribution >= 0.6 is 11.3 Å². The second-order valence-corrected chi connectivity index (χ2v) is 9.24. The number of para-hydroxylation sites is 1. The van der Waals surface area contributed by atoms with Gasteiger partial charge in [-0.3, -0.25) is 14.3 Å². The monoisotopic (exact) mass is 390 g/mol. The topological polar surface area (TPSA) is 75.5 Å². The van der Waals surface area contributed by atoms with Crippen molar-refractivity contribution in [1.29, 1.82) is 0 Å². The zero-order valence-electron chi connectivity index (χ0n) is 14.0. The Hall–Kier alpha value is -2.07. The van der Waals surface area contributed by atoms with Gasteiger partial charge in [-0.25, -0.2) is 13.4 Å². The lowest BCUT2D eigenvalue weighted by Gasteiger charge is -2.33. The van der Waals surface area contributed by atoms with Crippen LogP contribution in [0.4, 0.5) is 0 Å². The van der Waals surface area contributed by atoms with Crippen LogP contribution in [0.3, 0.4) is 0 Å². The minimum atomic E-state index is -3.41. The fraction of sp³-hybridized carbons (Fsp3) is 0.294. The van der Waals surface area contributed by atoms with Gasteiger partial charge in [-0.2, -0.15) is 4.31 Å². The van der Waals surface area contributed by atoms with Gasteiger partial charge >= 0.3 is 0 Å². The smallest absolute Gasteiger partial charge is 0.262 e. The van der Waals surface area contributed by atoms with E-state index in [2.05, 4.69) is 9.88 Å². The number of benzene rings is 1. The number of hydrogen-bond acceptors (Lipinski definition) is 6. The molecular weight excluding hydrogens is 372 g/mol. The van der Waals surface area contributed by atoms with E-state index < -0.39 is 10.0 Å². The van der Waals surface area contributed by atoms with E-state index in [-0.39, 0.29) is 5.56 Å². The molecule has 0 unspecified atom stereocenters. The number of thiophene rings is 1. The van der Waals surface area contributed by atoms with Crippen molar-refractivity contribution in [3.05, 3.63) is 58.5 Å². The quantitative estimate of drug-likeness (QED) is 0.674. The van der Waals surface area contributed by atoms with Crippen LogP contribution in [0.15, 0.2) is 57.1 Å². The molecule has 1 fully saturated rings. The van der Waals surface area contributed by atoms with Gasteiger partial charge in [0.25, 0.3) is 15.6 Å². The van der Waals surface area contributed by atoms with E-state index in [1.807, 2.05) is 18.2 Å². The van der Waals surface area contributed by atoms with E-state index in [0.29, 0.717) is 48.0 Å². The van der Waals surface area contributed by atoms with Gasteiger partial charge in [0, 0.05) is 26.2 Å². The largest absolute Gasteiger partial charge is 0.285 e. The summed E-state index contributed by atoms with van der Waals surface area (Å²) < 4.78 is 28.6. The summed E-state index contributed by atoms with van der Waals surface area (Å²) in [5.74, 6) is 0. The van der Waals surface area contributed by atoms with Crippen molar-refractivity contribution < 1.29 is 8.42 Å². The van der Waals surface area contributed by atoms with Gasteiger partial charge in [-0.05, 0) is 23.6 Å². The number of nitrogens with zero attached hydrogens (tertiary/aromatic N) is 4. The van der Waals surface area contributed by atoms with Crippen molar-refractivity contribution in [3.63, 3.8) is 0 Å². The van der Waals surface area contributed by atoms with E-state index in [0.717, 1.165) is 0 Å². The highest BCUT2D eigenvalue weighted by molar-refractivity contribution is 7.91. The highest BCUT2D eigenvalue weighted by Crippen LogP contribution is 2.22. The Balaban J connectivity index is 1.46. The van der Waals surface area contributed by atoms with Crippen molar-refractivity contribution in [1.82, 2.24) is 18.8 Å². The molecule has 0 bridgehead atoms. The lowest BCUT2D eigenvalue weighted by Crippen LogP contribution is -2.49. The van der Waals surface area contributed by atoms with Gasteiger partial charge in [0.05, 0.1) is 23.9 Å². The average Bonchev–Trinajstić information content (AvgIpc) is 3.20. The second-order valence-electron chi connectivity index (χ2n) is 6.13. The fourth-order valence-electron chi connectivity index (χ4n) is 3.07. The maximum atomic E-state index is 12.6.